The molecule has 0 saturated heterocycles. The van der Waals surface area contributed by atoms with Crippen LogP contribution in [0.15, 0.2) is 42.5 Å². The molecule has 0 radical (unpaired) electrons. The summed E-state index contributed by atoms with van der Waals surface area (Å²) in [6, 6.07) is 9.99. The Bertz CT molecular complexity index is 881. The zero-order valence-electron chi connectivity index (χ0n) is 17.0. The molecular formula is C23H28N2O3. The number of benzene rings is 1. The summed E-state index contributed by atoms with van der Waals surface area (Å²) in [4.78, 5) is 24.6. The van der Waals surface area contributed by atoms with Crippen LogP contribution in [-0.2, 0) is 9.53 Å². The smallest absolute Gasteiger partial charge is 0.330 e. The number of allylic oxidation sites excluding steroid dienone is 1. The first-order valence-corrected chi connectivity index (χ1v) is 10.0. The highest BCUT2D eigenvalue weighted by Crippen LogP contribution is 2.46. The van der Waals surface area contributed by atoms with Gasteiger partial charge in [-0.25, -0.2) is 9.48 Å². The second kappa shape index (κ2) is 8.55. The summed E-state index contributed by atoms with van der Waals surface area (Å²) in [7, 11) is 0. The molecule has 5 nitrogen and oxygen atoms in total. The number of esters is 1. The third kappa shape index (κ3) is 3.93. The average Bonchev–Trinajstić information content (AvgIpc) is 3.08. The van der Waals surface area contributed by atoms with Crippen LogP contribution in [0.1, 0.15) is 68.4 Å². The van der Waals surface area contributed by atoms with Gasteiger partial charge < -0.3 is 4.74 Å². The van der Waals surface area contributed by atoms with Crippen LogP contribution in [0.4, 0.5) is 0 Å². The molecule has 3 rings (SSSR count). The van der Waals surface area contributed by atoms with Gasteiger partial charge in [0.05, 0.1) is 18.0 Å². The largest absolute Gasteiger partial charge is 0.463 e. The highest BCUT2D eigenvalue weighted by molar-refractivity contribution is 5.96. The average molecular weight is 380 g/mol. The van der Waals surface area contributed by atoms with E-state index in [0.717, 1.165) is 35.4 Å². The normalized spacial score (nSPS) is 19.0. The maximum Gasteiger partial charge on any atom is 0.330 e. The predicted molar refractivity (Wildman–Crippen MR) is 109 cm³/mol. The second-order valence-corrected chi connectivity index (χ2v) is 7.68. The molecule has 0 bridgehead atoms. The van der Waals surface area contributed by atoms with Crippen LogP contribution in [0, 0.1) is 5.92 Å². The highest BCUT2D eigenvalue weighted by atomic mass is 16.5. The molecule has 0 N–H and O–H groups in total. The van der Waals surface area contributed by atoms with Gasteiger partial charge >= 0.3 is 5.97 Å². The molecule has 0 saturated carbocycles. The van der Waals surface area contributed by atoms with E-state index in [9.17, 15) is 9.59 Å². The topological polar surface area (TPSA) is 61.2 Å². The SMILES string of the molecule is CCOC(=O)/C=C/C(=O)n1nc(-c2ccccc2)c2c1[C@@H](C(C)C)CC[C@@H]2C. The molecule has 1 aromatic heterocycles. The molecule has 0 aliphatic heterocycles. The van der Waals surface area contributed by atoms with E-state index in [-0.39, 0.29) is 18.4 Å². The number of carbonyl (C=O) groups is 2. The first-order chi connectivity index (χ1) is 13.4. The van der Waals surface area contributed by atoms with Crippen molar-refractivity contribution in [2.45, 2.75) is 52.4 Å². The maximum atomic E-state index is 13.0. The fourth-order valence-electron chi connectivity index (χ4n) is 4.02. The fourth-order valence-corrected chi connectivity index (χ4v) is 4.02. The molecule has 1 aliphatic rings. The number of hydrogen-bond acceptors (Lipinski definition) is 4. The van der Waals surface area contributed by atoms with Crippen molar-refractivity contribution < 1.29 is 14.3 Å². The van der Waals surface area contributed by atoms with E-state index >= 15 is 0 Å². The van der Waals surface area contributed by atoms with Gasteiger partial charge in [-0.3, -0.25) is 4.79 Å². The van der Waals surface area contributed by atoms with Crippen LogP contribution < -0.4 is 0 Å². The number of nitrogens with zero attached hydrogens (tertiary/aromatic N) is 2. The molecule has 1 aliphatic carbocycles. The van der Waals surface area contributed by atoms with Crippen LogP contribution >= 0.6 is 0 Å². The third-order valence-corrected chi connectivity index (χ3v) is 5.42. The van der Waals surface area contributed by atoms with Gasteiger partial charge in [-0.05, 0) is 31.6 Å². The molecule has 0 unspecified atom stereocenters. The van der Waals surface area contributed by atoms with Crippen molar-refractivity contribution in [2.75, 3.05) is 6.61 Å². The standard InChI is InChI=1S/C23H28N2O3/c1-5-28-20(27)14-13-19(26)25-23-18(15(2)3)12-11-16(4)21(23)22(24-25)17-9-7-6-8-10-17/h6-10,13-16,18H,5,11-12H2,1-4H3/b14-13+/t16-,18+/m0/s1. The van der Waals surface area contributed by atoms with Crippen molar-refractivity contribution in [3.63, 3.8) is 0 Å². The number of fused-ring (bicyclic) bond motifs is 1. The van der Waals surface area contributed by atoms with Gasteiger partial charge in [-0.15, -0.1) is 0 Å². The first-order valence-electron chi connectivity index (χ1n) is 10.0. The summed E-state index contributed by atoms with van der Waals surface area (Å²) in [5.41, 5.74) is 4.03. The van der Waals surface area contributed by atoms with Gasteiger partial charge in [0, 0.05) is 29.2 Å². The molecular weight excluding hydrogens is 352 g/mol. The van der Waals surface area contributed by atoms with E-state index in [1.807, 2.05) is 30.3 Å². The predicted octanol–water partition coefficient (Wildman–Crippen LogP) is 4.95. The third-order valence-electron chi connectivity index (χ3n) is 5.42. The zero-order valence-corrected chi connectivity index (χ0v) is 17.0. The van der Waals surface area contributed by atoms with Crippen LogP contribution in [0.5, 0.6) is 0 Å². The van der Waals surface area contributed by atoms with Crippen LogP contribution in [-0.4, -0.2) is 28.3 Å². The molecule has 28 heavy (non-hydrogen) atoms. The number of ether oxygens (including phenoxy) is 1. The van der Waals surface area contributed by atoms with Gasteiger partial charge in [0.15, 0.2) is 0 Å². The quantitative estimate of drug-likeness (QED) is 0.544. The lowest BCUT2D eigenvalue weighted by molar-refractivity contribution is -0.137. The van der Waals surface area contributed by atoms with E-state index < -0.39 is 5.97 Å². The molecule has 0 fully saturated rings. The van der Waals surface area contributed by atoms with Crippen molar-refractivity contribution in [3.8, 4) is 11.3 Å². The summed E-state index contributed by atoms with van der Waals surface area (Å²) < 4.78 is 6.39. The van der Waals surface area contributed by atoms with Crippen LogP contribution in [0.3, 0.4) is 0 Å². The summed E-state index contributed by atoms with van der Waals surface area (Å²) in [5, 5.41) is 4.73. The van der Waals surface area contributed by atoms with Gasteiger partial charge in [0.2, 0.25) is 0 Å². The van der Waals surface area contributed by atoms with Crippen molar-refractivity contribution in [3.05, 3.63) is 53.7 Å². The lowest BCUT2D eigenvalue weighted by Crippen LogP contribution is -2.23. The summed E-state index contributed by atoms with van der Waals surface area (Å²) in [5.74, 6) is 0.152. The summed E-state index contributed by atoms with van der Waals surface area (Å²) >= 11 is 0. The van der Waals surface area contributed by atoms with Gasteiger partial charge in [-0.2, -0.15) is 5.10 Å². The molecule has 148 valence electrons. The molecule has 0 amide bonds. The molecule has 0 spiro atoms. The lowest BCUT2D eigenvalue weighted by atomic mass is 9.75. The van der Waals surface area contributed by atoms with Gasteiger partial charge in [-0.1, -0.05) is 51.1 Å². The fraction of sp³-hybridized carbons (Fsp3) is 0.435. The van der Waals surface area contributed by atoms with Crippen molar-refractivity contribution >= 4 is 11.9 Å². The van der Waals surface area contributed by atoms with E-state index in [4.69, 9.17) is 9.84 Å². The van der Waals surface area contributed by atoms with E-state index in [1.54, 1.807) is 6.92 Å². The summed E-state index contributed by atoms with van der Waals surface area (Å²) in [6.07, 6.45) is 4.55. The molecule has 2 aromatic rings. The van der Waals surface area contributed by atoms with Crippen molar-refractivity contribution in [2.24, 2.45) is 5.92 Å². The Labute approximate surface area is 166 Å². The number of rotatable bonds is 5. The van der Waals surface area contributed by atoms with Crippen LogP contribution in [0.25, 0.3) is 11.3 Å². The van der Waals surface area contributed by atoms with E-state index in [2.05, 4.69) is 20.8 Å². The number of aromatic nitrogens is 2. The molecule has 5 heteroatoms. The molecule has 1 heterocycles. The minimum atomic E-state index is -0.520. The Morgan fingerprint density at radius 3 is 2.57 bits per heavy atom. The Hall–Kier alpha value is -2.69. The number of carbonyl (C=O) groups excluding carboxylic acids is 2. The molecule has 1 aromatic carbocycles. The van der Waals surface area contributed by atoms with Gasteiger partial charge in [0.25, 0.3) is 5.91 Å². The summed E-state index contributed by atoms with van der Waals surface area (Å²) in [6.45, 7) is 8.58. The first kappa shape index (κ1) is 20.1. The Kier molecular flexibility index (Phi) is 6.12. The number of hydrogen-bond donors (Lipinski definition) is 0. The second-order valence-electron chi connectivity index (χ2n) is 7.68. The Balaban J connectivity index is 2.12. The zero-order chi connectivity index (χ0) is 20.3. The molecule has 2 atom stereocenters. The Morgan fingerprint density at radius 1 is 1.21 bits per heavy atom. The minimum Gasteiger partial charge on any atom is -0.463 e. The van der Waals surface area contributed by atoms with E-state index in [0.29, 0.717) is 11.8 Å². The monoisotopic (exact) mass is 380 g/mol. The van der Waals surface area contributed by atoms with Crippen molar-refractivity contribution in [1.29, 1.82) is 0 Å². The van der Waals surface area contributed by atoms with E-state index in [1.165, 1.54) is 16.8 Å². The Morgan fingerprint density at radius 2 is 1.93 bits per heavy atom. The van der Waals surface area contributed by atoms with Gasteiger partial charge in [0.1, 0.15) is 0 Å². The maximum absolute atomic E-state index is 13.0. The highest BCUT2D eigenvalue weighted by Gasteiger charge is 2.35. The van der Waals surface area contributed by atoms with Crippen molar-refractivity contribution in [1.82, 2.24) is 9.78 Å². The lowest BCUT2D eigenvalue weighted by Gasteiger charge is -2.30. The van der Waals surface area contributed by atoms with Crippen LogP contribution in [0.2, 0.25) is 0 Å². The minimum absolute atomic E-state index is 0.260.